The second-order valence-corrected chi connectivity index (χ2v) is 7.05. The largest absolute Gasteiger partial charge is 0.471 e. The maximum absolute atomic E-state index is 12.5. The van der Waals surface area contributed by atoms with E-state index in [0.29, 0.717) is 30.5 Å². The first-order valence-electron chi connectivity index (χ1n) is 9.12. The van der Waals surface area contributed by atoms with Gasteiger partial charge in [0.05, 0.1) is 31.0 Å². The molecule has 10 heteroatoms. The number of aryl methyl sites for hydroxylation is 1. The van der Waals surface area contributed by atoms with E-state index < -0.39 is 0 Å². The summed E-state index contributed by atoms with van der Waals surface area (Å²) >= 11 is 6.22. The molecule has 1 aromatic carbocycles. The van der Waals surface area contributed by atoms with Crippen molar-refractivity contribution in [2.75, 3.05) is 13.2 Å². The van der Waals surface area contributed by atoms with Gasteiger partial charge in [-0.3, -0.25) is 4.79 Å². The monoisotopic (exact) mass is 414 g/mol. The van der Waals surface area contributed by atoms with Crippen LogP contribution in [0, 0.1) is 6.92 Å². The molecule has 9 nitrogen and oxygen atoms in total. The number of ether oxygens (including phenoxy) is 2. The molecule has 0 bridgehead atoms. The summed E-state index contributed by atoms with van der Waals surface area (Å²) < 4.78 is 12.5. The number of halogens is 1. The van der Waals surface area contributed by atoms with Gasteiger partial charge in [-0.2, -0.15) is 4.68 Å². The van der Waals surface area contributed by atoms with Gasteiger partial charge in [0.25, 0.3) is 5.91 Å². The minimum Gasteiger partial charge on any atom is -0.471 e. The van der Waals surface area contributed by atoms with Crippen molar-refractivity contribution in [3.63, 3.8) is 0 Å². The van der Waals surface area contributed by atoms with E-state index >= 15 is 0 Å². The van der Waals surface area contributed by atoms with Crippen LogP contribution in [0.4, 0.5) is 0 Å². The Bertz CT molecular complexity index is 1000. The van der Waals surface area contributed by atoms with E-state index in [1.165, 1.54) is 12.3 Å². The number of tetrazole rings is 1. The Labute approximate surface area is 172 Å². The highest BCUT2D eigenvalue weighted by Crippen LogP contribution is 2.25. The lowest BCUT2D eigenvalue weighted by molar-refractivity contribution is 0.0949. The molecule has 1 aliphatic rings. The summed E-state index contributed by atoms with van der Waals surface area (Å²) in [5.74, 6) is 0.457. The summed E-state index contributed by atoms with van der Waals surface area (Å²) in [4.78, 5) is 16.7. The highest BCUT2D eigenvalue weighted by molar-refractivity contribution is 6.32. The summed E-state index contributed by atoms with van der Waals surface area (Å²) in [6.07, 6.45) is 2.14. The third-order valence-corrected chi connectivity index (χ3v) is 4.73. The molecule has 29 heavy (non-hydrogen) atoms. The van der Waals surface area contributed by atoms with Gasteiger partial charge in [0.15, 0.2) is 5.82 Å². The van der Waals surface area contributed by atoms with Gasteiger partial charge in [0.2, 0.25) is 5.88 Å². The summed E-state index contributed by atoms with van der Waals surface area (Å²) in [5, 5.41) is 14.7. The Morgan fingerprint density at radius 2 is 2.21 bits per heavy atom. The number of pyridine rings is 1. The Morgan fingerprint density at radius 3 is 2.93 bits per heavy atom. The van der Waals surface area contributed by atoms with Crippen molar-refractivity contribution < 1.29 is 14.3 Å². The molecular weight excluding hydrogens is 396 g/mol. The zero-order valence-electron chi connectivity index (χ0n) is 15.7. The molecule has 2 aromatic heterocycles. The average Bonchev–Trinajstić information content (AvgIpc) is 3.40. The van der Waals surface area contributed by atoms with Crippen LogP contribution < -0.4 is 10.1 Å². The first-order chi connectivity index (χ1) is 14.1. The second-order valence-electron chi connectivity index (χ2n) is 6.64. The molecule has 1 unspecified atom stereocenters. The summed E-state index contributed by atoms with van der Waals surface area (Å²) in [5.41, 5.74) is 2.26. The fourth-order valence-electron chi connectivity index (χ4n) is 2.86. The van der Waals surface area contributed by atoms with E-state index in [1.54, 1.807) is 4.68 Å². The number of aromatic nitrogens is 5. The SMILES string of the molecule is Cc1ccc(-n2nnnc2CNC(=O)c2cnc(OC3CCOC3)c(Cl)c2)cc1. The predicted molar refractivity (Wildman–Crippen MR) is 104 cm³/mol. The molecule has 1 fully saturated rings. The molecular formula is C19H19ClN6O3. The smallest absolute Gasteiger partial charge is 0.253 e. The zero-order chi connectivity index (χ0) is 20.2. The van der Waals surface area contributed by atoms with Crippen LogP contribution in [0.15, 0.2) is 36.5 Å². The van der Waals surface area contributed by atoms with Gasteiger partial charge in [-0.25, -0.2) is 4.98 Å². The Morgan fingerprint density at radius 1 is 1.38 bits per heavy atom. The van der Waals surface area contributed by atoms with Gasteiger partial charge in [-0.05, 0) is 35.5 Å². The molecule has 1 N–H and O–H groups in total. The molecule has 4 rings (SSSR count). The molecule has 1 saturated heterocycles. The molecule has 1 aliphatic heterocycles. The number of nitrogens with one attached hydrogen (secondary N) is 1. The maximum Gasteiger partial charge on any atom is 0.253 e. The van der Waals surface area contributed by atoms with E-state index in [4.69, 9.17) is 21.1 Å². The van der Waals surface area contributed by atoms with Crippen molar-refractivity contribution >= 4 is 17.5 Å². The highest BCUT2D eigenvalue weighted by Gasteiger charge is 2.20. The number of carbonyl (C=O) groups excluding carboxylic acids is 1. The lowest BCUT2D eigenvalue weighted by Crippen LogP contribution is -2.25. The number of benzene rings is 1. The lowest BCUT2D eigenvalue weighted by atomic mass is 10.2. The number of amides is 1. The van der Waals surface area contributed by atoms with E-state index in [-0.39, 0.29) is 23.6 Å². The van der Waals surface area contributed by atoms with Crippen molar-refractivity contribution in [3.8, 4) is 11.6 Å². The number of hydrogen-bond donors (Lipinski definition) is 1. The number of carbonyl (C=O) groups is 1. The molecule has 3 aromatic rings. The fourth-order valence-corrected chi connectivity index (χ4v) is 3.07. The molecule has 3 heterocycles. The quantitative estimate of drug-likeness (QED) is 0.658. The summed E-state index contributed by atoms with van der Waals surface area (Å²) in [6.45, 7) is 3.32. The van der Waals surface area contributed by atoms with Crippen LogP contribution in [-0.4, -0.2) is 50.4 Å². The third kappa shape index (κ3) is 4.52. The summed E-state index contributed by atoms with van der Waals surface area (Å²) in [7, 11) is 0. The van der Waals surface area contributed by atoms with Gasteiger partial charge in [-0.1, -0.05) is 29.3 Å². The van der Waals surface area contributed by atoms with Crippen molar-refractivity contribution in [2.24, 2.45) is 0 Å². The average molecular weight is 415 g/mol. The van der Waals surface area contributed by atoms with Gasteiger partial charge in [0.1, 0.15) is 11.1 Å². The topological polar surface area (TPSA) is 104 Å². The highest BCUT2D eigenvalue weighted by atomic mass is 35.5. The van der Waals surface area contributed by atoms with E-state index in [9.17, 15) is 4.79 Å². The van der Waals surface area contributed by atoms with Crippen molar-refractivity contribution in [1.29, 1.82) is 0 Å². The van der Waals surface area contributed by atoms with Gasteiger partial charge in [-0.15, -0.1) is 5.10 Å². The first kappa shape index (κ1) is 19.3. The van der Waals surface area contributed by atoms with Crippen LogP contribution in [0.2, 0.25) is 5.02 Å². The lowest BCUT2D eigenvalue weighted by Gasteiger charge is -2.12. The number of rotatable bonds is 6. The van der Waals surface area contributed by atoms with E-state index in [1.807, 2.05) is 31.2 Å². The Balaban J connectivity index is 1.41. The zero-order valence-corrected chi connectivity index (χ0v) is 16.5. The molecule has 0 radical (unpaired) electrons. The normalized spacial score (nSPS) is 16.0. The van der Waals surface area contributed by atoms with Gasteiger partial charge >= 0.3 is 0 Å². The minimum atomic E-state index is -0.339. The molecule has 1 amide bonds. The first-order valence-corrected chi connectivity index (χ1v) is 9.50. The number of hydrogen-bond acceptors (Lipinski definition) is 7. The van der Waals surface area contributed by atoms with Crippen LogP contribution in [0.1, 0.15) is 28.2 Å². The van der Waals surface area contributed by atoms with Crippen molar-refractivity contribution in [3.05, 3.63) is 58.5 Å². The van der Waals surface area contributed by atoms with Crippen LogP contribution >= 0.6 is 11.6 Å². The predicted octanol–water partition coefficient (Wildman–Crippen LogP) is 2.12. The molecule has 150 valence electrons. The van der Waals surface area contributed by atoms with E-state index in [0.717, 1.165) is 17.7 Å². The van der Waals surface area contributed by atoms with Crippen LogP contribution in [0.3, 0.4) is 0 Å². The second kappa shape index (κ2) is 8.54. The van der Waals surface area contributed by atoms with Crippen molar-refractivity contribution in [2.45, 2.75) is 26.0 Å². The third-order valence-electron chi connectivity index (χ3n) is 4.46. The van der Waals surface area contributed by atoms with Gasteiger partial charge in [0, 0.05) is 12.6 Å². The Hall–Kier alpha value is -3.04. The van der Waals surface area contributed by atoms with Crippen LogP contribution in [-0.2, 0) is 11.3 Å². The van der Waals surface area contributed by atoms with Crippen LogP contribution in [0.5, 0.6) is 5.88 Å². The van der Waals surface area contributed by atoms with Gasteiger partial charge < -0.3 is 14.8 Å². The van der Waals surface area contributed by atoms with Crippen LogP contribution in [0.25, 0.3) is 5.69 Å². The standard InChI is InChI=1S/C19H19ClN6O3/c1-12-2-4-14(5-3-12)26-17(23-24-25-26)10-21-18(27)13-8-16(20)19(22-9-13)29-15-6-7-28-11-15/h2-5,8-9,15H,6-7,10-11H2,1H3,(H,21,27). The number of nitrogens with zero attached hydrogens (tertiary/aromatic N) is 5. The maximum atomic E-state index is 12.5. The Kier molecular flexibility index (Phi) is 5.68. The summed E-state index contributed by atoms with van der Waals surface area (Å²) in [6, 6.07) is 9.28. The van der Waals surface area contributed by atoms with E-state index in [2.05, 4.69) is 25.8 Å². The molecule has 0 saturated carbocycles. The molecule has 1 atom stereocenters. The molecule has 0 aliphatic carbocycles. The minimum absolute atomic E-state index is 0.0692. The fraction of sp³-hybridized carbons (Fsp3) is 0.316. The van der Waals surface area contributed by atoms with Crippen molar-refractivity contribution in [1.82, 2.24) is 30.5 Å². The molecule has 0 spiro atoms.